The molecule has 0 aromatic heterocycles. The molecule has 1 N–H and O–H groups in total. The van der Waals surface area contributed by atoms with E-state index in [0.29, 0.717) is 5.92 Å². The predicted molar refractivity (Wildman–Crippen MR) is 64.0 cm³/mol. The number of rotatable bonds is 1. The van der Waals surface area contributed by atoms with Gasteiger partial charge in [0.2, 0.25) is 0 Å². The van der Waals surface area contributed by atoms with Crippen molar-refractivity contribution in [3.63, 3.8) is 0 Å². The molecule has 0 spiro atoms. The molecule has 1 aliphatic rings. The lowest BCUT2D eigenvalue weighted by Crippen LogP contribution is -2.26. The third-order valence-corrected chi connectivity index (χ3v) is 3.99. The van der Waals surface area contributed by atoms with Gasteiger partial charge in [0.05, 0.1) is 5.02 Å². The maximum absolute atomic E-state index is 6.07. The summed E-state index contributed by atoms with van der Waals surface area (Å²) in [5.41, 5.74) is 1.37. The molecule has 14 heavy (non-hydrogen) atoms. The van der Waals surface area contributed by atoms with Crippen LogP contribution in [0.3, 0.4) is 0 Å². The van der Waals surface area contributed by atoms with E-state index >= 15 is 0 Å². The molecule has 0 atom stereocenters. The van der Waals surface area contributed by atoms with Crippen LogP contribution < -0.4 is 5.32 Å². The van der Waals surface area contributed by atoms with E-state index in [4.69, 9.17) is 11.6 Å². The first-order valence-electron chi connectivity index (χ1n) is 4.93. The summed E-state index contributed by atoms with van der Waals surface area (Å²) in [7, 11) is 0. The van der Waals surface area contributed by atoms with Crippen molar-refractivity contribution in [3.05, 3.63) is 33.3 Å². The van der Waals surface area contributed by atoms with Gasteiger partial charge in [0.1, 0.15) is 0 Å². The third-order valence-electron chi connectivity index (χ3n) is 2.75. The highest BCUT2D eigenvalue weighted by Gasteiger charge is 2.15. The smallest absolute Gasteiger partial charge is 0.0550 e. The van der Waals surface area contributed by atoms with E-state index in [0.717, 1.165) is 22.6 Å². The minimum absolute atomic E-state index is 0.682. The Hall–Kier alpha value is -0.0500. The first-order valence-corrected chi connectivity index (χ1v) is 6.10. The van der Waals surface area contributed by atoms with Gasteiger partial charge in [0, 0.05) is 4.47 Å². The fourth-order valence-corrected chi connectivity index (χ4v) is 2.36. The van der Waals surface area contributed by atoms with Gasteiger partial charge >= 0.3 is 0 Å². The Labute approximate surface area is 98.0 Å². The lowest BCUT2D eigenvalue weighted by Gasteiger charge is -2.23. The molecule has 0 aliphatic carbocycles. The molecule has 1 aromatic rings. The molecule has 1 aliphatic heterocycles. The fraction of sp³-hybridized carbons (Fsp3) is 0.455. The van der Waals surface area contributed by atoms with Crippen LogP contribution in [0.2, 0.25) is 5.02 Å². The minimum atomic E-state index is 0.682. The van der Waals surface area contributed by atoms with Crippen molar-refractivity contribution in [2.75, 3.05) is 13.1 Å². The normalized spacial score (nSPS) is 18.4. The quantitative estimate of drug-likeness (QED) is 0.825. The van der Waals surface area contributed by atoms with Crippen LogP contribution in [0.1, 0.15) is 24.3 Å². The van der Waals surface area contributed by atoms with Gasteiger partial charge in [0.15, 0.2) is 0 Å². The van der Waals surface area contributed by atoms with Crippen molar-refractivity contribution in [3.8, 4) is 0 Å². The molecule has 76 valence electrons. The monoisotopic (exact) mass is 273 g/mol. The molecule has 1 saturated heterocycles. The summed E-state index contributed by atoms with van der Waals surface area (Å²) in [5.74, 6) is 0.682. The average Bonchev–Trinajstić information content (AvgIpc) is 2.23. The van der Waals surface area contributed by atoms with Crippen molar-refractivity contribution >= 4 is 27.5 Å². The van der Waals surface area contributed by atoms with Crippen molar-refractivity contribution in [1.29, 1.82) is 0 Å². The van der Waals surface area contributed by atoms with Gasteiger partial charge in [0.25, 0.3) is 0 Å². The van der Waals surface area contributed by atoms with Crippen molar-refractivity contribution in [2.45, 2.75) is 18.8 Å². The number of nitrogens with one attached hydrogen (secondary N) is 1. The van der Waals surface area contributed by atoms with Crippen LogP contribution in [-0.2, 0) is 0 Å². The summed E-state index contributed by atoms with van der Waals surface area (Å²) in [5, 5.41) is 4.19. The second-order valence-electron chi connectivity index (χ2n) is 3.70. The zero-order chi connectivity index (χ0) is 9.97. The number of piperidine rings is 1. The molecule has 0 radical (unpaired) electrons. The molecular weight excluding hydrogens is 261 g/mol. The van der Waals surface area contributed by atoms with Crippen LogP contribution in [0.4, 0.5) is 0 Å². The van der Waals surface area contributed by atoms with E-state index in [-0.39, 0.29) is 0 Å². The molecular formula is C11H13BrClN. The van der Waals surface area contributed by atoms with E-state index in [9.17, 15) is 0 Å². The zero-order valence-electron chi connectivity index (χ0n) is 7.89. The Bertz CT molecular complexity index is 321. The van der Waals surface area contributed by atoms with E-state index in [1.807, 2.05) is 6.07 Å². The first kappa shape index (κ1) is 10.5. The maximum Gasteiger partial charge on any atom is 0.0550 e. The lowest BCUT2D eigenvalue weighted by molar-refractivity contribution is 0.460. The standard InChI is InChI=1S/C11H13BrClN/c12-10-2-1-9(7-11(10)13)8-3-5-14-6-4-8/h1-2,7-8,14H,3-6H2. The average molecular weight is 275 g/mol. The van der Waals surface area contributed by atoms with E-state index in [1.165, 1.54) is 18.4 Å². The minimum Gasteiger partial charge on any atom is -0.317 e. The highest BCUT2D eigenvalue weighted by atomic mass is 79.9. The number of benzene rings is 1. The summed E-state index contributed by atoms with van der Waals surface area (Å²) in [6.07, 6.45) is 2.44. The van der Waals surface area contributed by atoms with E-state index in [1.54, 1.807) is 0 Å². The molecule has 0 amide bonds. The Balaban J connectivity index is 2.18. The summed E-state index contributed by atoms with van der Waals surface area (Å²) < 4.78 is 0.983. The fourth-order valence-electron chi connectivity index (χ4n) is 1.92. The Morgan fingerprint density at radius 3 is 2.64 bits per heavy atom. The van der Waals surface area contributed by atoms with Crippen LogP contribution in [-0.4, -0.2) is 13.1 Å². The number of hydrogen-bond acceptors (Lipinski definition) is 1. The first-order chi connectivity index (χ1) is 6.77. The SMILES string of the molecule is Clc1cc(C2CCNCC2)ccc1Br. The Morgan fingerprint density at radius 1 is 1.29 bits per heavy atom. The number of hydrogen-bond donors (Lipinski definition) is 1. The molecule has 0 bridgehead atoms. The highest BCUT2D eigenvalue weighted by Crippen LogP contribution is 2.30. The van der Waals surface area contributed by atoms with Gasteiger partial charge < -0.3 is 5.32 Å². The van der Waals surface area contributed by atoms with Gasteiger partial charge in [-0.15, -0.1) is 0 Å². The van der Waals surface area contributed by atoms with E-state index in [2.05, 4.69) is 33.4 Å². The number of halogens is 2. The topological polar surface area (TPSA) is 12.0 Å². The second kappa shape index (κ2) is 4.65. The summed E-state index contributed by atoms with van der Waals surface area (Å²) in [6.45, 7) is 2.25. The zero-order valence-corrected chi connectivity index (χ0v) is 10.2. The summed E-state index contributed by atoms with van der Waals surface area (Å²) in [4.78, 5) is 0. The van der Waals surface area contributed by atoms with Crippen LogP contribution in [0.25, 0.3) is 0 Å². The highest BCUT2D eigenvalue weighted by molar-refractivity contribution is 9.10. The van der Waals surface area contributed by atoms with Gasteiger partial charge in [-0.25, -0.2) is 0 Å². The predicted octanol–water partition coefficient (Wildman–Crippen LogP) is 3.57. The second-order valence-corrected chi connectivity index (χ2v) is 4.96. The molecule has 1 fully saturated rings. The van der Waals surface area contributed by atoms with Crippen LogP contribution >= 0.6 is 27.5 Å². The van der Waals surface area contributed by atoms with E-state index < -0.39 is 0 Å². The molecule has 2 rings (SSSR count). The van der Waals surface area contributed by atoms with Crippen molar-refractivity contribution in [2.24, 2.45) is 0 Å². The van der Waals surface area contributed by atoms with Gasteiger partial charge in [-0.05, 0) is 65.5 Å². The summed E-state index contributed by atoms with van der Waals surface area (Å²) in [6, 6.07) is 6.30. The van der Waals surface area contributed by atoms with Crippen LogP contribution in [0.5, 0.6) is 0 Å². The lowest BCUT2D eigenvalue weighted by atomic mass is 9.90. The Morgan fingerprint density at radius 2 is 2.00 bits per heavy atom. The van der Waals surface area contributed by atoms with Gasteiger partial charge in [-0.1, -0.05) is 17.7 Å². The summed E-state index contributed by atoms with van der Waals surface area (Å²) >= 11 is 9.48. The maximum atomic E-state index is 6.07. The van der Waals surface area contributed by atoms with Crippen molar-refractivity contribution < 1.29 is 0 Å². The molecule has 1 aromatic carbocycles. The van der Waals surface area contributed by atoms with Crippen molar-refractivity contribution in [1.82, 2.24) is 5.32 Å². The van der Waals surface area contributed by atoms with Crippen LogP contribution in [0.15, 0.2) is 22.7 Å². The van der Waals surface area contributed by atoms with Gasteiger partial charge in [-0.2, -0.15) is 0 Å². The molecule has 1 nitrogen and oxygen atoms in total. The molecule has 3 heteroatoms. The Kier molecular flexibility index (Phi) is 3.47. The largest absolute Gasteiger partial charge is 0.317 e. The third kappa shape index (κ3) is 2.30. The molecule has 1 heterocycles. The molecule has 0 unspecified atom stereocenters. The van der Waals surface area contributed by atoms with Gasteiger partial charge in [-0.3, -0.25) is 0 Å². The molecule has 0 saturated carbocycles. The van der Waals surface area contributed by atoms with Crippen LogP contribution in [0, 0.1) is 0 Å².